The Hall–Kier alpha value is -2.50. The number of fused-ring (bicyclic) bond motifs is 1. The molecule has 0 radical (unpaired) electrons. The van der Waals surface area contributed by atoms with E-state index in [2.05, 4.69) is 46.8 Å². The van der Waals surface area contributed by atoms with Gasteiger partial charge in [0.2, 0.25) is 0 Å². The Balaban J connectivity index is 1.63. The first kappa shape index (κ1) is 17.9. The summed E-state index contributed by atoms with van der Waals surface area (Å²) in [5, 5.41) is 14.3. The third-order valence-corrected chi connectivity index (χ3v) is 5.57. The van der Waals surface area contributed by atoms with Crippen molar-refractivity contribution in [1.29, 1.82) is 0 Å². The van der Waals surface area contributed by atoms with Gasteiger partial charge in [0.25, 0.3) is 0 Å². The topological polar surface area (TPSA) is 41.9 Å². The van der Waals surface area contributed by atoms with E-state index in [1.807, 2.05) is 12.1 Å². The molecule has 4 rings (SSSR count). The van der Waals surface area contributed by atoms with Crippen LogP contribution in [0.2, 0.25) is 0 Å². The van der Waals surface area contributed by atoms with Gasteiger partial charge in [0, 0.05) is 30.8 Å². The van der Waals surface area contributed by atoms with Crippen LogP contribution in [0.1, 0.15) is 28.4 Å². The van der Waals surface area contributed by atoms with Gasteiger partial charge in [-0.3, -0.25) is 4.90 Å². The fourth-order valence-corrected chi connectivity index (χ4v) is 4.22. The lowest BCUT2D eigenvalue weighted by atomic mass is 10.1. The number of aromatic hydroxyl groups is 1. The number of aryl methyl sites for hydroxylation is 1. The highest BCUT2D eigenvalue weighted by Crippen LogP contribution is 2.34. The third kappa shape index (κ3) is 3.94. The van der Waals surface area contributed by atoms with E-state index in [0.717, 1.165) is 30.9 Å². The van der Waals surface area contributed by atoms with Gasteiger partial charge in [0.1, 0.15) is 11.9 Å². The van der Waals surface area contributed by atoms with Gasteiger partial charge < -0.3 is 14.6 Å². The molecule has 2 heterocycles. The minimum Gasteiger partial charge on any atom is -0.504 e. The number of hydrogen-bond acceptors (Lipinski definition) is 5. The summed E-state index contributed by atoms with van der Waals surface area (Å²) in [4.78, 5) is 2.37. The Bertz CT molecular complexity index is 923. The molecule has 0 saturated carbocycles. The van der Waals surface area contributed by atoms with Crippen LogP contribution in [0, 0.1) is 6.92 Å². The van der Waals surface area contributed by atoms with E-state index < -0.39 is 0 Å². The molecule has 0 amide bonds. The summed E-state index contributed by atoms with van der Waals surface area (Å²) in [6.45, 7) is 4.43. The van der Waals surface area contributed by atoms with Crippen LogP contribution >= 0.6 is 11.3 Å². The highest BCUT2D eigenvalue weighted by atomic mass is 32.1. The number of benzene rings is 2. The van der Waals surface area contributed by atoms with Gasteiger partial charge in [0.05, 0.1) is 7.11 Å². The van der Waals surface area contributed by atoms with E-state index in [0.29, 0.717) is 5.75 Å². The van der Waals surface area contributed by atoms with Crippen LogP contribution in [0.5, 0.6) is 17.2 Å². The molecule has 1 aliphatic heterocycles. The van der Waals surface area contributed by atoms with Crippen LogP contribution in [0.3, 0.4) is 0 Å². The molecule has 1 N–H and O–H groups in total. The van der Waals surface area contributed by atoms with Crippen molar-refractivity contribution in [2.24, 2.45) is 0 Å². The van der Waals surface area contributed by atoms with Crippen LogP contribution in [0.15, 0.2) is 53.2 Å². The molecular weight excluding hydrogens is 358 g/mol. The quantitative estimate of drug-likeness (QED) is 0.697. The maximum atomic E-state index is 10.1. The predicted molar refractivity (Wildman–Crippen MR) is 108 cm³/mol. The molecule has 27 heavy (non-hydrogen) atoms. The second-order valence-corrected chi connectivity index (χ2v) is 7.73. The molecule has 0 aliphatic carbocycles. The molecule has 0 spiro atoms. The van der Waals surface area contributed by atoms with Crippen LogP contribution in [-0.2, 0) is 13.1 Å². The van der Waals surface area contributed by atoms with E-state index in [-0.39, 0.29) is 11.9 Å². The van der Waals surface area contributed by atoms with Gasteiger partial charge in [0.15, 0.2) is 11.5 Å². The molecule has 4 nitrogen and oxygen atoms in total. The fourth-order valence-electron chi connectivity index (χ4n) is 3.52. The van der Waals surface area contributed by atoms with Crippen molar-refractivity contribution in [3.63, 3.8) is 0 Å². The van der Waals surface area contributed by atoms with Gasteiger partial charge in [-0.15, -0.1) is 0 Å². The molecular formula is C22H23NO3S. The summed E-state index contributed by atoms with van der Waals surface area (Å²) in [5.74, 6) is 1.62. The lowest BCUT2D eigenvalue weighted by Crippen LogP contribution is -2.27. The zero-order chi connectivity index (χ0) is 18.8. The number of nitrogens with zero attached hydrogens (tertiary/aromatic N) is 1. The van der Waals surface area contributed by atoms with E-state index in [1.165, 1.54) is 16.7 Å². The summed E-state index contributed by atoms with van der Waals surface area (Å²) in [6, 6.07) is 14.1. The summed E-state index contributed by atoms with van der Waals surface area (Å²) in [7, 11) is 1.56. The van der Waals surface area contributed by atoms with Crippen molar-refractivity contribution >= 4 is 11.3 Å². The van der Waals surface area contributed by atoms with Crippen molar-refractivity contribution < 1.29 is 14.6 Å². The Labute approximate surface area is 163 Å². The van der Waals surface area contributed by atoms with Gasteiger partial charge in [-0.1, -0.05) is 23.8 Å². The number of phenols is 1. The number of ether oxygens (including phenoxy) is 2. The lowest BCUT2D eigenvalue weighted by molar-refractivity contribution is 0.144. The fraction of sp³-hybridized carbons (Fsp3) is 0.273. The minimum absolute atomic E-state index is 0.00736. The highest BCUT2D eigenvalue weighted by molar-refractivity contribution is 7.07. The van der Waals surface area contributed by atoms with E-state index in [1.54, 1.807) is 24.5 Å². The molecule has 5 heteroatoms. The summed E-state index contributed by atoms with van der Waals surface area (Å²) in [6.07, 6.45) is -0.00736. The summed E-state index contributed by atoms with van der Waals surface area (Å²) >= 11 is 1.69. The second-order valence-electron chi connectivity index (χ2n) is 6.95. The maximum absolute atomic E-state index is 10.1. The van der Waals surface area contributed by atoms with Crippen LogP contribution in [0.4, 0.5) is 0 Å². The molecule has 3 aromatic rings. The first-order chi connectivity index (χ1) is 13.1. The third-order valence-electron chi connectivity index (χ3n) is 4.87. The van der Waals surface area contributed by atoms with Crippen molar-refractivity contribution in [3.05, 3.63) is 75.5 Å². The van der Waals surface area contributed by atoms with Crippen molar-refractivity contribution in [2.75, 3.05) is 13.7 Å². The molecule has 1 unspecified atom stereocenters. The molecule has 1 aromatic heterocycles. The molecule has 1 atom stereocenters. The normalized spacial score (nSPS) is 17.0. The zero-order valence-corrected chi connectivity index (χ0v) is 16.3. The van der Waals surface area contributed by atoms with Crippen molar-refractivity contribution in [2.45, 2.75) is 26.1 Å². The van der Waals surface area contributed by atoms with Crippen molar-refractivity contribution in [1.82, 2.24) is 4.90 Å². The monoisotopic (exact) mass is 381 g/mol. The Kier molecular flexibility index (Phi) is 5.05. The standard InChI is InChI=1S/C22H23NO3S/c1-15-3-5-20-18(9-15)12-23(13-22(26-20)17-7-8-27-14-17)11-16-4-6-21(25-2)19(24)10-16/h3-10,14,22,24H,11-13H2,1-2H3. The predicted octanol–water partition coefficient (Wildman–Crippen LogP) is 4.91. The van der Waals surface area contributed by atoms with E-state index in [4.69, 9.17) is 9.47 Å². The average Bonchev–Trinajstić information content (AvgIpc) is 3.12. The van der Waals surface area contributed by atoms with Crippen molar-refractivity contribution in [3.8, 4) is 17.2 Å². The molecule has 0 saturated heterocycles. The molecule has 2 aromatic carbocycles. The number of rotatable bonds is 4. The lowest BCUT2D eigenvalue weighted by Gasteiger charge is -2.24. The first-order valence-electron chi connectivity index (χ1n) is 8.99. The Morgan fingerprint density at radius 2 is 2.11 bits per heavy atom. The van der Waals surface area contributed by atoms with Crippen LogP contribution < -0.4 is 9.47 Å². The van der Waals surface area contributed by atoms with Crippen LogP contribution in [-0.4, -0.2) is 23.7 Å². The highest BCUT2D eigenvalue weighted by Gasteiger charge is 2.25. The maximum Gasteiger partial charge on any atom is 0.160 e. The largest absolute Gasteiger partial charge is 0.504 e. The Morgan fingerprint density at radius 1 is 1.22 bits per heavy atom. The van der Waals surface area contributed by atoms with Gasteiger partial charge in [-0.2, -0.15) is 11.3 Å². The molecule has 1 aliphatic rings. The number of thiophene rings is 1. The van der Waals surface area contributed by atoms with Gasteiger partial charge >= 0.3 is 0 Å². The number of hydrogen-bond donors (Lipinski definition) is 1. The smallest absolute Gasteiger partial charge is 0.160 e. The average molecular weight is 381 g/mol. The number of methoxy groups -OCH3 is 1. The molecule has 0 bridgehead atoms. The molecule has 140 valence electrons. The Morgan fingerprint density at radius 3 is 2.85 bits per heavy atom. The van der Waals surface area contributed by atoms with Gasteiger partial charge in [-0.05, 0) is 47.5 Å². The van der Waals surface area contributed by atoms with Gasteiger partial charge in [-0.25, -0.2) is 0 Å². The number of phenolic OH excluding ortho intramolecular Hbond substituents is 1. The second kappa shape index (κ2) is 7.62. The first-order valence-corrected chi connectivity index (χ1v) is 9.93. The SMILES string of the molecule is COc1ccc(CN2Cc3cc(C)ccc3OC(c3ccsc3)C2)cc1O. The summed E-state index contributed by atoms with van der Waals surface area (Å²) < 4.78 is 11.5. The minimum atomic E-state index is -0.00736. The van der Waals surface area contributed by atoms with Crippen LogP contribution in [0.25, 0.3) is 0 Å². The van der Waals surface area contributed by atoms with E-state index in [9.17, 15) is 5.11 Å². The summed E-state index contributed by atoms with van der Waals surface area (Å²) in [5.41, 5.74) is 4.68. The molecule has 0 fully saturated rings. The zero-order valence-electron chi connectivity index (χ0n) is 15.5. The van der Waals surface area contributed by atoms with E-state index >= 15 is 0 Å².